The van der Waals surface area contributed by atoms with Crippen molar-refractivity contribution in [1.29, 1.82) is 0 Å². The second-order valence-electron chi connectivity index (χ2n) is 2.65. The van der Waals surface area contributed by atoms with Crippen molar-refractivity contribution in [1.82, 2.24) is 0 Å². The molecule has 0 N–H and O–H groups in total. The maximum atomic E-state index is 11.0. The summed E-state index contributed by atoms with van der Waals surface area (Å²) >= 11 is 1.69. The van der Waals surface area contributed by atoms with E-state index in [1.54, 1.807) is 11.8 Å². The van der Waals surface area contributed by atoms with Crippen molar-refractivity contribution in [2.75, 3.05) is 17.3 Å². The molecule has 1 saturated heterocycles. The van der Waals surface area contributed by atoms with E-state index in [-0.39, 0.29) is 0 Å². The number of hydrogen-bond donors (Lipinski definition) is 0. The summed E-state index contributed by atoms with van der Waals surface area (Å²) in [6.07, 6.45) is 2.64. The van der Waals surface area contributed by atoms with Crippen LogP contribution in [0, 0.1) is 0 Å². The van der Waals surface area contributed by atoms with Crippen LogP contribution in [0.1, 0.15) is 6.42 Å². The fraction of sp³-hybridized carbons (Fsp3) is 0.714. The van der Waals surface area contributed by atoms with Gasteiger partial charge in [0, 0.05) is 11.0 Å². The Hall–Kier alpha value is 0.0400. The quantitative estimate of drug-likeness (QED) is 0.628. The van der Waals surface area contributed by atoms with Gasteiger partial charge in [-0.05, 0) is 6.42 Å². The van der Waals surface area contributed by atoms with Crippen LogP contribution in [-0.4, -0.2) is 30.9 Å². The Kier molecular flexibility index (Phi) is 3.01. The predicted octanol–water partition coefficient (Wildman–Crippen LogP) is 1.09. The van der Waals surface area contributed by atoms with Crippen molar-refractivity contribution >= 4 is 21.6 Å². The third-order valence-electron chi connectivity index (χ3n) is 1.64. The first-order valence-corrected chi connectivity index (χ1v) is 6.44. The summed E-state index contributed by atoms with van der Waals surface area (Å²) in [5.41, 5.74) is 0. The fourth-order valence-corrected chi connectivity index (χ4v) is 4.49. The second kappa shape index (κ2) is 3.63. The Morgan fingerprint density at radius 3 is 2.82 bits per heavy atom. The highest BCUT2D eigenvalue weighted by Crippen LogP contribution is 2.23. The molecule has 0 unspecified atom stereocenters. The third kappa shape index (κ3) is 2.87. The molecule has 1 aliphatic heterocycles. The van der Waals surface area contributed by atoms with Crippen LogP contribution in [0.2, 0.25) is 0 Å². The lowest BCUT2D eigenvalue weighted by atomic mass is 10.4. The maximum absolute atomic E-state index is 11.0. The van der Waals surface area contributed by atoms with Crippen molar-refractivity contribution in [3.8, 4) is 0 Å². The van der Waals surface area contributed by atoms with Crippen molar-refractivity contribution in [2.45, 2.75) is 11.7 Å². The number of sulfone groups is 1. The maximum Gasteiger partial charge on any atom is 0.151 e. The first kappa shape index (κ1) is 9.13. The van der Waals surface area contributed by atoms with Crippen LogP contribution >= 0.6 is 11.8 Å². The van der Waals surface area contributed by atoms with Gasteiger partial charge in [-0.15, -0.1) is 6.58 Å². The standard InChI is InChI=1S/C7H12O2S2/c1-2-4-10-7-3-5-11(8,9)6-7/h2,7H,1,3-6H2/t7-/m0/s1. The molecule has 1 heterocycles. The molecular formula is C7H12O2S2. The molecule has 0 aliphatic carbocycles. The minimum atomic E-state index is -2.68. The Bertz CT molecular complexity index is 231. The molecule has 0 radical (unpaired) electrons. The van der Waals surface area contributed by atoms with Gasteiger partial charge in [-0.3, -0.25) is 0 Å². The molecule has 4 heteroatoms. The van der Waals surface area contributed by atoms with E-state index in [1.165, 1.54) is 0 Å². The molecule has 0 saturated carbocycles. The SMILES string of the molecule is C=CCS[C@H]1CCS(=O)(=O)C1. The lowest BCUT2D eigenvalue weighted by Gasteiger charge is -2.02. The number of thioether (sulfide) groups is 1. The number of hydrogen-bond acceptors (Lipinski definition) is 3. The average molecular weight is 192 g/mol. The summed E-state index contributed by atoms with van der Waals surface area (Å²) in [6.45, 7) is 3.59. The van der Waals surface area contributed by atoms with Gasteiger partial charge in [0.15, 0.2) is 9.84 Å². The topological polar surface area (TPSA) is 34.1 Å². The second-order valence-corrected chi connectivity index (χ2v) is 6.21. The fourth-order valence-electron chi connectivity index (χ4n) is 1.10. The van der Waals surface area contributed by atoms with Crippen LogP contribution < -0.4 is 0 Å². The highest BCUT2D eigenvalue weighted by Gasteiger charge is 2.27. The molecule has 1 atom stereocenters. The number of rotatable bonds is 3. The lowest BCUT2D eigenvalue weighted by Crippen LogP contribution is -2.06. The molecule has 1 rings (SSSR count). The third-order valence-corrected chi connectivity index (χ3v) is 4.92. The molecule has 11 heavy (non-hydrogen) atoms. The van der Waals surface area contributed by atoms with E-state index in [9.17, 15) is 8.42 Å². The van der Waals surface area contributed by atoms with E-state index in [4.69, 9.17) is 0 Å². The van der Waals surface area contributed by atoms with Gasteiger partial charge in [-0.2, -0.15) is 11.8 Å². The molecular weight excluding hydrogens is 180 g/mol. The summed E-state index contributed by atoms with van der Waals surface area (Å²) in [4.78, 5) is 0. The van der Waals surface area contributed by atoms with Gasteiger partial charge in [-0.1, -0.05) is 6.08 Å². The minimum Gasteiger partial charge on any atom is -0.229 e. The van der Waals surface area contributed by atoms with E-state index >= 15 is 0 Å². The van der Waals surface area contributed by atoms with Crippen molar-refractivity contribution in [2.24, 2.45) is 0 Å². The van der Waals surface area contributed by atoms with Crippen LogP contribution in [-0.2, 0) is 9.84 Å². The van der Waals surface area contributed by atoms with Crippen LogP contribution in [0.15, 0.2) is 12.7 Å². The zero-order valence-electron chi connectivity index (χ0n) is 6.32. The summed E-state index contributed by atoms with van der Waals surface area (Å²) in [7, 11) is -2.68. The summed E-state index contributed by atoms with van der Waals surface area (Å²) < 4.78 is 21.9. The molecule has 64 valence electrons. The van der Waals surface area contributed by atoms with Crippen molar-refractivity contribution < 1.29 is 8.42 Å². The van der Waals surface area contributed by atoms with Gasteiger partial charge >= 0.3 is 0 Å². The van der Waals surface area contributed by atoms with E-state index < -0.39 is 9.84 Å². The molecule has 0 aromatic carbocycles. The Balaban J connectivity index is 2.36. The van der Waals surface area contributed by atoms with E-state index in [1.807, 2.05) is 6.08 Å². The molecule has 0 aromatic rings. The molecule has 0 spiro atoms. The normalized spacial score (nSPS) is 28.5. The average Bonchev–Trinajstić information content (AvgIpc) is 2.26. The molecule has 1 fully saturated rings. The van der Waals surface area contributed by atoms with E-state index in [2.05, 4.69) is 6.58 Å². The van der Waals surface area contributed by atoms with Gasteiger partial charge in [0.25, 0.3) is 0 Å². The highest BCUT2D eigenvalue weighted by molar-refractivity contribution is 8.01. The molecule has 1 aliphatic rings. The molecule has 0 bridgehead atoms. The van der Waals surface area contributed by atoms with E-state index in [0.717, 1.165) is 12.2 Å². The van der Waals surface area contributed by atoms with Gasteiger partial charge in [0.1, 0.15) is 0 Å². The van der Waals surface area contributed by atoms with Crippen LogP contribution in [0.3, 0.4) is 0 Å². The van der Waals surface area contributed by atoms with Gasteiger partial charge in [-0.25, -0.2) is 8.42 Å². The predicted molar refractivity (Wildman–Crippen MR) is 49.7 cm³/mol. The first-order valence-electron chi connectivity index (χ1n) is 3.57. The van der Waals surface area contributed by atoms with Crippen LogP contribution in [0.4, 0.5) is 0 Å². The molecule has 0 aromatic heterocycles. The van der Waals surface area contributed by atoms with E-state index in [0.29, 0.717) is 16.8 Å². The first-order chi connectivity index (χ1) is 5.14. The summed E-state index contributed by atoms with van der Waals surface area (Å²) in [6, 6.07) is 0. The highest BCUT2D eigenvalue weighted by atomic mass is 32.2. The molecule has 0 amide bonds. The smallest absolute Gasteiger partial charge is 0.151 e. The Labute approximate surface area is 72.0 Å². The molecule has 2 nitrogen and oxygen atoms in total. The van der Waals surface area contributed by atoms with Crippen LogP contribution in [0.5, 0.6) is 0 Å². The van der Waals surface area contributed by atoms with Crippen molar-refractivity contribution in [3.63, 3.8) is 0 Å². The van der Waals surface area contributed by atoms with Crippen LogP contribution in [0.25, 0.3) is 0 Å². The summed E-state index contributed by atoms with van der Waals surface area (Å²) in [5, 5.41) is 0.318. The van der Waals surface area contributed by atoms with Gasteiger partial charge in [0.05, 0.1) is 11.5 Å². The van der Waals surface area contributed by atoms with Crippen molar-refractivity contribution in [3.05, 3.63) is 12.7 Å². The monoisotopic (exact) mass is 192 g/mol. The lowest BCUT2D eigenvalue weighted by molar-refractivity contribution is 0.602. The summed E-state index contributed by atoms with van der Waals surface area (Å²) in [5.74, 6) is 1.60. The van der Waals surface area contributed by atoms with Gasteiger partial charge < -0.3 is 0 Å². The Morgan fingerprint density at radius 1 is 1.64 bits per heavy atom. The van der Waals surface area contributed by atoms with Gasteiger partial charge in [0.2, 0.25) is 0 Å². The zero-order chi connectivity index (χ0) is 8.32. The Morgan fingerprint density at radius 2 is 2.36 bits per heavy atom. The largest absolute Gasteiger partial charge is 0.229 e. The minimum absolute atomic E-state index is 0.318. The zero-order valence-corrected chi connectivity index (χ0v) is 7.96.